The van der Waals surface area contributed by atoms with Crippen LogP contribution >= 0.6 is 0 Å². The van der Waals surface area contributed by atoms with Crippen molar-refractivity contribution in [3.8, 4) is 6.07 Å². The van der Waals surface area contributed by atoms with Gasteiger partial charge in [-0.1, -0.05) is 6.07 Å². The lowest BCUT2D eigenvalue weighted by Crippen LogP contribution is -2.25. The molecule has 0 atom stereocenters. The third kappa shape index (κ3) is 4.14. The average Bonchev–Trinajstić information content (AvgIpc) is 2.51. The molecule has 21 heavy (non-hydrogen) atoms. The lowest BCUT2D eigenvalue weighted by Gasteiger charge is -2.23. The molecule has 0 aliphatic rings. The van der Waals surface area contributed by atoms with Crippen molar-refractivity contribution in [2.24, 2.45) is 0 Å². The van der Waals surface area contributed by atoms with Crippen LogP contribution in [0.2, 0.25) is 0 Å². The number of nitriles is 1. The Kier molecular flexibility index (Phi) is 5.04. The fraction of sp³-hybridized carbons (Fsp3) is 0.333. The lowest BCUT2D eigenvalue weighted by molar-refractivity contribution is 0.777. The van der Waals surface area contributed by atoms with E-state index in [1.54, 1.807) is 13.2 Å². The Morgan fingerprint density at radius 2 is 2.24 bits per heavy atom. The first-order chi connectivity index (χ1) is 10.2. The van der Waals surface area contributed by atoms with Crippen molar-refractivity contribution in [2.75, 3.05) is 23.8 Å². The third-order valence-electron chi connectivity index (χ3n) is 2.98. The second kappa shape index (κ2) is 7.20. The molecule has 2 aromatic heterocycles. The molecule has 0 saturated heterocycles. The molecule has 0 aliphatic heterocycles. The molecular formula is C15H18N6. The molecule has 2 heterocycles. The fourth-order valence-corrected chi connectivity index (χ4v) is 2.00. The van der Waals surface area contributed by atoms with Crippen LogP contribution in [0.3, 0.4) is 0 Å². The van der Waals surface area contributed by atoms with Crippen LogP contribution < -0.4 is 10.2 Å². The predicted molar refractivity (Wildman–Crippen MR) is 81.8 cm³/mol. The summed E-state index contributed by atoms with van der Waals surface area (Å²) in [5.41, 5.74) is 1.97. The number of pyridine rings is 1. The summed E-state index contributed by atoms with van der Waals surface area (Å²) < 4.78 is 0. The van der Waals surface area contributed by atoms with Crippen molar-refractivity contribution < 1.29 is 0 Å². The van der Waals surface area contributed by atoms with E-state index in [0.29, 0.717) is 25.5 Å². The fourth-order valence-electron chi connectivity index (χ4n) is 2.00. The minimum absolute atomic E-state index is 0.443. The highest BCUT2D eigenvalue weighted by molar-refractivity contribution is 5.45. The van der Waals surface area contributed by atoms with Gasteiger partial charge in [-0.25, -0.2) is 4.98 Å². The summed E-state index contributed by atoms with van der Waals surface area (Å²) in [5, 5.41) is 11.8. The van der Waals surface area contributed by atoms with E-state index in [4.69, 9.17) is 5.26 Å². The number of hydrogen-bond acceptors (Lipinski definition) is 6. The molecule has 108 valence electrons. The summed E-state index contributed by atoms with van der Waals surface area (Å²) >= 11 is 0. The van der Waals surface area contributed by atoms with E-state index in [9.17, 15) is 0 Å². The highest BCUT2D eigenvalue weighted by Crippen LogP contribution is 2.17. The lowest BCUT2D eigenvalue weighted by atomic mass is 10.2. The maximum atomic E-state index is 8.85. The second-order valence-electron chi connectivity index (χ2n) is 4.63. The van der Waals surface area contributed by atoms with Gasteiger partial charge in [-0.3, -0.25) is 4.98 Å². The summed E-state index contributed by atoms with van der Waals surface area (Å²) in [7, 11) is 1.79. The average molecular weight is 282 g/mol. The molecule has 6 nitrogen and oxygen atoms in total. The number of anilines is 2. The van der Waals surface area contributed by atoms with Crippen molar-refractivity contribution in [3.05, 3.63) is 41.9 Å². The highest BCUT2D eigenvalue weighted by Gasteiger charge is 2.11. The minimum Gasteiger partial charge on any atom is -0.357 e. The molecular weight excluding hydrogens is 264 g/mol. The van der Waals surface area contributed by atoms with E-state index >= 15 is 0 Å². The zero-order valence-electron chi connectivity index (χ0n) is 12.2. The Balaban J connectivity index is 2.27. The largest absolute Gasteiger partial charge is 0.357 e. The summed E-state index contributed by atoms with van der Waals surface area (Å²) in [6.45, 7) is 3.21. The Morgan fingerprint density at radius 1 is 1.38 bits per heavy atom. The molecule has 2 aromatic rings. The van der Waals surface area contributed by atoms with Crippen molar-refractivity contribution in [1.82, 2.24) is 15.0 Å². The van der Waals surface area contributed by atoms with Crippen molar-refractivity contribution >= 4 is 11.8 Å². The SMILES string of the molecule is CNc1nc(C)cc(N(CCC#N)Cc2cccnc2)n1. The molecule has 0 fully saturated rings. The topological polar surface area (TPSA) is 77.7 Å². The number of nitrogens with zero attached hydrogens (tertiary/aromatic N) is 5. The third-order valence-corrected chi connectivity index (χ3v) is 2.98. The summed E-state index contributed by atoms with van der Waals surface area (Å²) in [5.74, 6) is 1.39. The van der Waals surface area contributed by atoms with Gasteiger partial charge in [-0.2, -0.15) is 10.2 Å². The molecule has 0 bridgehead atoms. The number of rotatable bonds is 6. The van der Waals surface area contributed by atoms with E-state index in [0.717, 1.165) is 17.1 Å². The minimum atomic E-state index is 0.443. The first-order valence-electron chi connectivity index (χ1n) is 6.77. The molecule has 0 saturated carbocycles. The quantitative estimate of drug-likeness (QED) is 0.874. The van der Waals surface area contributed by atoms with E-state index in [1.807, 2.05) is 31.3 Å². The Bertz CT molecular complexity index is 620. The van der Waals surface area contributed by atoms with Gasteiger partial charge in [-0.05, 0) is 18.6 Å². The standard InChI is InChI=1S/C15H18N6/c1-12-9-14(20-15(17-2)19-12)21(8-4-6-16)11-13-5-3-7-18-10-13/h3,5,7,9-10H,4,8,11H2,1-2H3,(H,17,19,20). The van der Waals surface area contributed by atoms with Gasteiger partial charge in [0.2, 0.25) is 5.95 Å². The number of hydrogen-bond donors (Lipinski definition) is 1. The number of nitrogens with one attached hydrogen (secondary N) is 1. The van der Waals surface area contributed by atoms with E-state index in [-0.39, 0.29) is 0 Å². The van der Waals surface area contributed by atoms with Gasteiger partial charge in [0, 0.05) is 44.3 Å². The van der Waals surface area contributed by atoms with Crippen LogP contribution in [0.25, 0.3) is 0 Å². The predicted octanol–water partition coefficient (Wildman–Crippen LogP) is 2.14. The van der Waals surface area contributed by atoms with Gasteiger partial charge in [-0.15, -0.1) is 0 Å². The van der Waals surface area contributed by atoms with Crippen molar-refractivity contribution in [3.63, 3.8) is 0 Å². The molecule has 0 spiro atoms. The zero-order chi connectivity index (χ0) is 15.1. The van der Waals surface area contributed by atoms with Gasteiger partial charge in [0.15, 0.2) is 0 Å². The summed E-state index contributed by atoms with van der Waals surface area (Å²) in [6, 6.07) is 8.02. The van der Waals surface area contributed by atoms with Crippen LogP contribution in [0, 0.1) is 18.3 Å². The van der Waals surface area contributed by atoms with Crippen LogP contribution in [-0.2, 0) is 6.54 Å². The second-order valence-corrected chi connectivity index (χ2v) is 4.63. The van der Waals surface area contributed by atoms with E-state index in [2.05, 4.69) is 31.2 Å². The highest BCUT2D eigenvalue weighted by atomic mass is 15.2. The van der Waals surface area contributed by atoms with Crippen LogP contribution in [-0.4, -0.2) is 28.5 Å². The van der Waals surface area contributed by atoms with Crippen LogP contribution in [0.5, 0.6) is 0 Å². The molecule has 1 N–H and O–H groups in total. The van der Waals surface area contributed by atoms with Crippen LogP contribution in [0.4, 0.5) is 11.8 Å². The molecule has 0 unspecified atom stereocenters. The molecule has 0 aliphatic carbocycles. The van der Waals surface area contributed by atoms with Crippen LogP contribution in [0.1, 0.15) is 17.7 Å². The van der Waals surface area contributed by atoms with Gasteiger partial charge in [0.1, 0.15) is 5.82 Å². The van der Waals surface area contributed by atoms with Crippen molar-refractivity contribution in [2.45, 2.75) is 19.9 Å². The number of aromatic nitrogens is 3. The van der Waals surface area contributed by atoms with Crippen LogP contribution in [0.15, 0.2) is 30.6 Å². The molecule has 2 rings (SSSR count). The number of aryl methyl sites for hydroxylation is 1. The first kappa shape index (κ1) is 14.7. The maximum absolute atomic E-state index is 8.85. The summed E-state index contributed by atoms with van der Waals surface area (Å²) in [4.78, 5) is 15.0. The Hall–Kier alpha value is -2.68. The van der Waals surface area contributed by atoms with E-state index < -0.39 is 0 Å². The van der Waals surface area contributed by atoms with Gasteiger partial charge in [0.25, 0.3) is 0 Å². The van der Waals surface area contributed by atoms with Gasteiger partial charge >= 0.3 is 0 Å². The molecule has 0 radical (unpaired) electrons. The first-order valence-corrected chi connectivity index (χ1v) is 6.77. The maximum Gasteiger partial charge on any atom is 0.224 e. The Morgan fingerprint density at radius 3 is 2.90 bits per heavy atom. The molecule has 6 heteroatoms. The summed E-state index contributed by atoms with van der Waals surface area (Å²) in [6.07, 6.45) is 4.02. The van der Waals surface area contributed by atoms with Gasteiger partial charge < -0.3 is 10.2 Å². The normalized spacial score (nSPS) is 9.95. The Labute approximate surface area is 124 Å². The van der Waals surface area contributed by atoms with Gasteiger partial charge in [0.05, 0.1) is 12.5 Å². The molecule has 0 aromatic carbocycles. The monoisotopic (exact) mass is 282 g/mol. The molecule has 0 amide bonds. The zero-order valence-corrected chi connectivity index (χ0v) is 12.2. The smallest absolute Gasteiger partial charge is 0.224 e. The van der Waals surface area contributed by atoms with Crippen molar-refractivity contribution in [1.29, 1.82) is 5.26 Å². The van der Waals surface area contributed by atoms with E-state index in [1.165, 1.54) is 0 Å².